The van der Waals surface area contributed by atoms with Gasteiger partial charge < -0.3 is 4.90 Å². The Morgan fingerprint density at radius 1 is 1.23 bits per heavy atom. The molecule has 0 atom stereocenters. The largest absolute Gasteiger partial charge is 0.334 e. The van der Waals surface area contributed by atoms with Crippen LogP contribution in [-0.4, -0.2) is 26.7 Å². The molecule has 0 bridgehead atoms. The van der Waals surface area contributed by atoms with Crippen molar-refractivity contribution >= 4 is 34.8 Å². The van der Waals surface area contributed by atoms with Crippen LogP contribution in [0.15, 0.2) is 41.3 Å². The minimum Gasteiger partial charge on any atom is -0.334 e. The van der Waals surface area contributed by atoms with Crippen LogP contribution < -0.4 is 5.56 Å². The molecular formula is C19H15Cl2N3O2. The van der Waals surface area contributed by atoms with Crippen molar-refractivity contribution in [2.24, 2.45) is 0 Å². The predicted molar refractivity (Wildman–Crippen MR) is 101 cm³/mol. The van der Waals surface area contributed by atoms with E-state index in [4.69, 9.17) is 23.2 Å². The van der Waals surface area contributed by atoms with Crippen molar-refractivity contribution in [3.05, 3.63) is 79.3 Å². The summed E-state index contributed by atoms with van der Waals surface area (Å²) in [5, 5.41) is 0.775. The van der Waals surface area contributed by atoms with E-state index in [1.54, 1.807) is 29.3 Å². The number of nitrogens with zero attached hydrogens (tertiary/aromatic N) is 3. The van der Waals surface area contributed by atoms with E-state index in [1.807, 2.05) is 19.1 Å². The molecule has 5 nitrogen and oxygen atoms in total. The minimum absolute atomic E-state index is 0.131. The highest BCUT2D eigenvalue weighted by Gasteiger charge is 2.27. The van der Waals surface area contributed by atoms with E-state index >= 15 is 0 Å². The fourth-order valence-electron chi connectivity index (χ4n) is 3.26. The Hall–Kier alpha value is -2.37. The number of fused-ring (bicyclic) bond motifs is 2. The molecule has 0 spiro atoms. The molecule has 0 aliphatic carbocycles. The van der Waals surface area contributed by atoms with Crippen LogP contribution in [0, 0.1) is 6.92 Å². The second kappa shape index (κ2) is 6.41. The number of aromatic nitrogens is 2. The summed E-state index contributed by atoms with van der Waals surface area (Å²) in [5.74, 6) is -0.217. The quantitative estimate of drug-likeness (QED) is 0.641. The maximum atomic E-state index is 12.9. The van der Waals surface area contributed by atoms with E-state index in [0.29, 0.717) is 39.8 Å². The van der Waals surface area contributed by atoms with E-state index in [-0.39, 0.29) is 18.0 Å². The molecule has 7 heteroatoms. The first-order valence-corrected chi connectivity index (χ1v) is 8.95. The molecule has 1 aliphatic rings. The van der Waals surface area contributed by atoms with Gasteiger partial charge in [0.2, 0.25) is 0 Å². The smallest absolute Gasteiger partial charge is 0.263 e. The molecule has 26 heavy (non-hydrogen) atoms. The maximum Gasteiger partial charge on any atom is 0.263 e. The van der Waals surface area contributed by atoms with Gasteiger partial charge in [0.05, 0.1) is 28.4 Å². The van der Waals surface area contributed by atoms with Crippen molar-refractivity contribution in [1.82, 2.24) is 14.3 Å². The maximum absolute atomic E-state index is 12.9. The van der Waals surface area contributed by atoms with Gasteiger partial charge in [0.15, 0.2) is 0 Å². The Morgan fingerprint density at radius 2 is 2.04 bits per heavy atom. The number of rotatable bonds is 1. The van der Waals surface area contributed by atoms with Gasteiger partial charge in [-0.1, -0.05) is 29.3 Å². The molecular weight excluding hydrogens is 373 g/mol. The van der Waals surface area contributed by atoms with E-state index in [0.717, 1.165) is 11.3 Å². The molecule has 0 radical (unpaired) electrons. The van der Waals surface area contributed by atoms with Crippen LogP contribution in [0.1, 0.15) is 27.2 Å². The van der Waals surface area contributed by atoms with E-state index in [1.165, 1.54) is 4.40 Å². The summed E-state index contributed by atoms with van der Waals surface area (Å²) in [4.78, 5) is 32.0. The molecule has 0 N–H and O–H groups in total. The number of halogens is 2. The molecule has 1 aliphatic heterocycles. The predicted octanol–water partition coefficient (Wildman–Crippen LogP) is 3.51. The number of pyridine rings is 1. The highest BCUT2D eigenvalue weighted by Crippen LogP contribution is 2.24. The molecule has 0 unspecified atom stereocenters. The number of aryl methyl sites for hydroxylation is 1. The third-order valence-corrected chi connectivity index (χ3v) is 5.19. The zero-order valence-corrected chi connectivity index (χ0v) is 15.5. The van der Waals surface area contributed by atoms with Crippen molar-refractivity contribution in [2.45, 2.75) is 19.9 Å². The zero-order chi connectivity index (χ0) is 18.4. The highest BCUT2D eigenvalue weighted by molar-refractivity contribution is 6.36. The number of carbonyl (C=O) groups is 1. The summed E-state index contributed by atoms with van der Waals surface area (Å²) in [6.45, 7) is 2.63. The average Bonchev–Trinajstić information content (AvgIpc) is 2.62. The molecule has 0 saturated carbocycles. The van der Waals surface area contributed by atoms with Crippen molar-refractivity contribution in [2.75, 3.05) is 6.54 Å². The van der Waals surface area contributed by atoms with Crippen LogP contribution in [0.2, 0.25) is 10.0 Å². The number of hydrogen-bond donors (Lipinski definition) is 0. The van der Waals surface area contributed by atoms with E-state index in [9.17, 15) is 9.59 Å². The van der Waals surface area contributed by atoms with Gasteiger partial charge in [-0.15, -0.1) is 0 Å². The van der Waals surface area contributed by atoms with Crippen LogP contribution in [0.3, 0.4) is 0 Å². The van der Waals surface area contributed by atoms with Gasteiger partial charge in [-0.2, -0.15) is 0 Å². The lowest BCUT2D eigenvalue weighted by Gasteiger charge is -2.28. The molecule has 2 aromatic heterocycles. The van der Waals surface area contributed by atoms with Gasteiger partial charge in [-0.3, -0.25) is 14.0 Å². The normalized spacial score (nSPS) is 13.7. The molecule has 0 saturated heterocycles. The van der Waals surface area contributed by atoms with Gasteiger partial charge in [-0.25, -0.2) is 4.98 Å². The van der Waals surface area contributed by atoms with Gasteiger partial charge in [0, 0.05) is 24.2 Å². The monoisotopic (exact) mass is 387 g/mol. The summed E-state index contributed by atoms with van der Waals surface area (Å²) >= 11 is 12.1. The Kier molecular flexibility index (Phi) is 4.21. The SMILES string of the molecule is Cc1cccn2c(=O)c3c(nc12)CCN(C(=O)c1ccc(Cl)cc1Cl)C3. The lowest BCUT2D eigenvalue weighted by molar-refractivity contribution is 0.0733. The molecule has 4 rings (SSSR count). The Labute approximate surface area is 159 Å². The summed E-state index contributed by atoms with van der Waals surface area (Å²) in [5.41, 5.74) is 3.17. The van der Waals surface area contributed by atoms with Gasteiger partial charge in [-0.05, 0) is 36.8 Å². The first kappa shape index (κ1) is 17.1. The number of benzene rings is 1. The fourth-order valence-corrected chi connectivity index (χ4v) is 3.75. The van der Waals surface area contributed by atoms with E-state index in [2.05, 4.69) is 4.98 Å². The van der Waals surface area contributed by atoms with Crippen LogP contribution in [-0.2, 0) is 13.0 Å². The molecule has 0 fully saturated rings. The van der Waals surface area contributed by atoms with Crippen molar-refractivity contribution in [3.8, 4) is 0 Å². The molecule has 1 aromatic carbocycles. The van der Waals surface area contributed by atoms with Crippen LogP contribution in [0.5, 0.6) is 0 Å². The average molecular weight is 388 g/mol. The minimum atomic E-state index is -0.217. The topological polar surface area (TPSA) is 54.7 Å². The highest BCUT2D eigenvalue weighted by atomic mass is 35.5. The van der Waals surface area contributed by atoms with Gasteiger partial charge in [0.25, 0.3) is 11.5 Å². The number of hydrogen-bond acceptors (Lipinski definition) is 3. The molecule has 3 aromatic rings. The van der Waals surface area contributed by atoms with Gasteiger partial charge in [0.1, 0.15) is 5.65 Å². The van der Waals surface area contributed by atoms with Crippen LogP contribution in [0.25, 0.3) is 5.65 Å². The third kappa shape index (κ3) is 2.77. The van der Waals surface area contributed by atoms with Crippen molar-refractivity contribution < 1.29 is 4.79 Å². The Balaban J connectivity index is 1.74. The number of carbonyl (C=O) groups excluding carboxylic acids is 1. The first-order chi connectivity index (χ1) is 12.5. The summed E-state index contributed by atoms with van der Waals surface area (Å²) in [6.07, 6.45) is 2.24. The Morgan fingerprint density at radius 3 is 2.81 bits per heavy atom. The Bertz CT molecular complexity index is 1110. The lowest BCUT2D eigenvalue weighted by Crippen LogP contribution is -2.40. The van der Waals surface area contributed by atoms with Crippen molar-refractivity contribution in [1.29, 1.82) is 0 Å². The summed E-state index contributed by atoms with van der Waals surface area (Å²) in [6, 6.07) is 8.52. The van der Waals surface area contributed by atoms with E-state index < -0.39 is 0 Å². The first-order valence-electron chi connectivity index (χ1n) is 8.20. The van der Waals surface area contributed by atoms with Crippen molar-refractivity contribution in [3.63, 3.8) is 0 Å². The zero-order valence-electron chi connectivity index (χ0n) is 14.0. The van der Waals surface area contributed by atoms with Crippen LogP contribution >= 0.6 is 23.2 Å². The van der Waals surface area contributed by atoms with Gasteiger partial charge >= 0.3 is 0 Å². The standard InChI is InChI=1S/C19H15Cl2N3O2/c1-11-3-2-7-24-17(11)22-16-6-8-23(10-14(16)19(24)26)18(25)13-5-4-12(20)9-15(13)21/h2-5,7,9H,6,8,10H2,1H3. The second-order valence-corrected chi connectivity index (χ2v) is 7.17. The van der Waals surface area contributed by atoms with Crippen LogP contribution in [0.4, 0.5) is 0 Å². The lowest BCUT2D eigenvalue weighted by atomic mass is 10.0. The number of amides is 1. The fraction of sp³-hybridized carbons (Fsp3) is 0.211. The molecule has 1 amide bonds. The summed E-state index contributed by atoms with van der Waals surface area (Å²) < 4.78 is 1.54. The third-order valence-electron chi connectivity index (χ3n) is 4.64. The second-order valence-electron chi connectivity index (χ2n) is 6.33. The molecule has 3 heterocycles. The summed E-state index contributed by atoms with van der Waals surface area (Å²) in [7, 11) is 0. The molecule has 132 valence electrons.